The van der Waals surface area contributed by atoms with Gasteiger partial charge in [-0.3, -0.25) is 9.13 Å². The van der Waals surface area contributed by atoms with Crippen LogP contribution >= 0.6 is 14.7 Å². The average Bonchev–Trinajstić information content (AvgIpc) is 2.57. The Morgan fingerprint density at radius 3 is 1.15 bits per heavy atom. The molecule has 0 bridgehead atoms. The first kappa shape index (κ1) is 30.0. The second kappa shape index (κ2) is 17.6. The molecule has 26 heavy (non-hydrogen) atoms. The lowest BCUT2D eigenvalue weighted by Crippen LogP contribution is -2.09. The van der Waals surface area contributed by atoms with Gasteiger partial charge in [0.25, 0.3) is 0 Å². The van der Waals surface area contributed by atoms with E-state index in [1.54, 1.807) is 0 Å². The molecule has 0 aromatic carbocycles. The molecule has 158 valence electrons. The van der Waals surface area contributed by atoms with E-state index < -0.39 is 26.7 Å². The minimum absolute atomic E-state index is 0.450. The fraction of sp³-hybridized carbons (Fsp3) is 0.857. The van der Waals surface area contributed by atoms with Crippen LogP contribution in [-0.2, 0) is 27.8 Å². The molecule has 0 aliphatic heterocycles. The number of rotatable bonds is 10. The van der Waals surface area contributed by atoms with Gasteiger partial charge in [-0.2, -0.15) is 0 Å². The first-order chi connectivity index (χ1) is 12.0. The van der Waals surface area contributed by atoms with E-state index >= 15 is 0 Å². The Morgan fingerprint density at radius 1 is 0.769 bits per heavy atom. The highest BCUT2D eigenvalue weighted by atomic mass is 31.2. The van der Waals surface area contributed by atoms with Gasteiger partial charge in [-0.05, 0) is 13.8 Å². The normalized spacial score (nSPS) is 14.5. The molecule has 10 nitrogen and oxygen atoms in total. The van der Waals surface area contributed by atoms with Crippen LogP contribution in [0, 0.1) is 0 Å². The molecule has 0 spiro atoms. The van der Waals surface area contributed by atoms with E-state index in [2.05, 4.69) is 0 Å². The van der Waals surface area contributed by atoms with Crippen LogP contribution in [0.4, 0.5) is 0 Å². The van der Waals surface area contributed by atoms with E-state index in [1.807, 2.05) is 27.7 Å². The van der Waals surface area contributed by atoms with Crippen LogP contribution in [-0.4, -0.2) is 73.1 Å². The molecule has 6 N–H and O–H groups in total. The zero-order valence-electron chi connectivity index (χ0n) is 16.0. The monoisotopic (exact) mass is 420 g/mol. The predicted octanol–water partition coefficient (Wildman–Crippen LogP) is 1.71. The van der Waals surface area contributed by atoms with E-state index in [-0.39, 0.29) is 0 Å². The molecular formula is C14H34N2O8P2. The third-order valence-electron chi connectivity index (χ3n) is 2.81. The van der Waals surface area contributed by atoms with Crippen LogP contribution < -0.4 is 11.5 Å². The fourth-order valence-electron chi connectivity index (χ4n) is 1.49. The molecule has 0 saturated heterocycles. The zero-order valence-corrected chi connectivity index (χ0v) is 17.8. The Labute approximate surface area is 155 Å². The summed E-state index contributed by atoms with van der Waals surface area (Å²) < 4.78 is 33.1. The van der Waals surface area contributed by atoms with Gasteiger partial charge in [0, 0.05) is 37.7 Å². The lowest BCUT2D eigenvalue weighted by molar-refractivity contribution is -0.159. The van der Waals surface area contributed by atoms with Gasteiger partial charge in [0.15, 0.2) is 0 Å². The van der Waals surface area contributed by atoms with Crippen molar-refractivity contribution in [2.75, 3.05) is 51.0 Å². The van der Waals surface area contributed by atoms with Crippen molar-refractivity contribution < 1.29 is 38.0 Å². The number of carbonyl (C=O) groups is 2. The van der Waals surface area contributed by atoms with Crippen LogP contribution in [0.15, 0.2) is 0 Å². The highest BCUT2D eigenvalue weighted by Gasteiger charge is 2.18. The van der Waals surface area contributed by atoms with Crippen LogP contribution in [0.5, 0.6) is 0 Å². The Balaban J connectivity index is -0.000000316. The van der Waals surface area contributed by atoms with Gasteiger partial charge in [-0.15, -0.1) is 0 Å². The molecule has 2 unspecified atom stereocenters. The number of nitrogens with two attached hydrogens (primary N) is 2. The molecule has 0 saturated carbocycles. The second-order valence-corrected chi connectivity index (χ2v) is 10.7. The first-order valence-corrected chi connectivity index (χ1v) is 12.3. The highest BCUT2D eigenvalue weighted by Crippen LogP contribution is 2.45. The maximum Gasteiger partial charge on any atom is 0.414 e. The first-order valence-electron chi connectivity index (χ1n) is 8.32. The molecule has 0 heterocycles. The van der Waals surface area contributed by atoms with E-state index in [1.165, 1.54) is 0 Å². The Kier molecular flexibility index (Phi) is 20.3. The summed E-state index contributed by atoms with van der Waals surface area (Å²) in [6.45, 7) is 9.36. The molecule has 0 aromatic heterocycles. The van der Waals surface area contributed by atoms with Gasteiger partial charge in [0.05, 0.1) is 13.2 Å². The summed E-state index contributed by atoms with van der Waals surface area (Å²) in [7, 11) is -4.65. The number of aliphatic carboxylic acids is 2. The van der Waals surface area contributed by atoms with Gasteiger partial charge in [0.2, 0.25) is 14.7 Å². The summed E-state index contributed by atoms with van der Waals surface area (Å²) in [6, 6.07) is 0. The van der Waals surface area contributed by atoms with E-state index in [9.17, 15) is 9.13 Å². The Bertz CT molecular complexity index is 412. The van der Waals surface area contributed by atoms with E-state index in [0.29, 0.717) is 51.0 Å². The predicted molar refractivity (Wildman–Crippen MR) is 103 cm³/mol. The van der Waals surface area contributed by atoms with Crippen molar-refractivity contribution in [1.82, 2.24) is 0 Å². The van der Waals surface area contributed by atoms with Crippen LogP contribution in [0.2, 0.25) is 0 Å². The van der Waals surface area contributed by atoms with Crippen molar-refractivity contribution >= 4 is 26.7 Å². The largest absolute Gasteiger partial charge is 0.473 e. The standard InChI is InChI=1S/2C6H16NO2P.C2H2O4/c2*1-3-9-10(8,4-2)6-5-7;3-1(4)2(5)6/h2*3-7H2,1-2H3;(H,3,4)(H,5,6). The number of hydrogen-bond acceptors (Lipinski definition) is 8. The molecule has 2 atom stereocenters. The topological polar surface area (TPSA) is 179 Å². The van der Waals surface area contributed by atoms with Gasteiger partial charge in [0.1, 0.15) is 0 Å². The quantitative estimate of drug-likeness (QED) is 0.300. The second-order valence-electron chi connectivity index (χ2n) is 4.73. The minimum atomic E-state index is -2.33. The molecule has 0 rings (SSSR count). The van der Waals surface area contributed by atoms with Gasteiger partial charge in [-0.1, -0.05) is 13.8 Å². The molecule has 0 amide bonds. The van der Waals surface area contributed by atoms with E-state index in [4.69, 9.17) is 40.3 Å². The lowest BCUT2D eigenvalue weighted by atomic mass is 10.7. The average molecular weight is 420 g/mol. The Morgan fingerprint density at radius 2 is 1.04 bits per heavy atom. The van der Waals surface area contributed by atoms with Crippen LogP contribution in [0.3, 0.4) is 0 Å². The molecule has 0 aromatic rings. The summed E-state index contributed by atoms with van der Waals surface area (Å²) in [5, 5.41) is 14.8. The smallest absolute Gasteiger partial charge is 0.414 e. The third-order valence-corrected chi connectivity index (χ3v) is 8.08. The number of carboxylic acids is 2. The van der Waals surface area contributed by atoms with Gasteiger partial charge >= 0.3 is 11.9 Å². The van der Waals surface area contributed by atoms with Gasteiger partial charge < -0.3 is 30.7 Å². The van der Waals surface area contributed by atoms with Crippen molar-refractivity contribution in [3.05, 3.63) is 0 Å². The highest BCUT2D eigenvalue weighted by molar-refractivity contribution is 7.59. The minimum Gasteiger partial charge on any atom is -0.473 e. The molecule has 0 radical (unpaired) electrons. The van der Waals surface area contributed by atoms with Crippen molar-refractivity contribution in [1.29, 1.82) is 0 Å². The van der Waals surface area contributed by atoms with Crippen molar-refractivity contribution in [2.24, 2.45) is 11.5 Å². The van der Waals surface area contributed by atoms with E-state index in [0.717, 1.165) is 0 Å². The molecule has 0 aliphatic carbocycles. The number of hydrogen-bond donors (Lipinski definition) is 4. The van der Waals surface area contributed by atoms with Crippen LogP contribution in [0.1, 0.15) is 27.7 Å². The molecular weight excluding hydrogens is 386 g/mol. The SMILES string of the molecule is CCOP(=O)(CC)CCN.CCOP(=O)(CC)CCN.O=C(O)C(=O)O. The maximum atomic E-state index is 11.5. The molecule has 12 heteroatoms. The fourth-order valence-corrected chi connectivity index (χ4v) is 4.48. The van der Waals surface area contributed by atoms with Crippen molar-refractivity contribution in [3.63, 3.8) is 0 Å². The van der Waals surface area contributed by atoms with Gasteiger partial charge in [-0.25, -0.2) is 9.59 Å². The molecule has 0 fully saturated rings. The summed E-state index contributed by atoms with van der Waals surface area (Å²) in [5.74, 6) is -3.65. The van der Waals surface area contributed by atoms with Crippen molar-refractivity contribution in [2.45, 2.75) is 27.7 Å². The summed E-state index contributed by atoms with van der Waals surface area (Å²) >= 11 is 0. The van der Waals surface area contributed by atoms with Crippen LogP contribution in [0.25, 0.3) is 0 Å². The lowest BCUT2D eigenvalue weighted by Gasteiger charge is -2.13. The zero-order chi connectivity index (χ0) is 21.2. The summed E-state index contributed by atoms with van der Waals surface area (Å²) in [6.07, 6.45) is 2.21. The Hall–Kier alpha value is -0.760. The summed E-state index contributed by atoms with van der Waals surface area (Å²) in [4.78, 5) is 18.2. The molecule has 0 aliphatic rings. The third kappa shape index (κ3) is 18.0. The summed E-state index contributed by atoms with van der Waals surface area (Å²) in [5.41, 5.74) is 10.5. The van der Waals surface area contributed by atoms with Crippen molar-refractivity contribution in [3.8, 4) is 0 Å². The number of carboxylic acid groups (broad SMARTS) is 2. The maximum absolute atomic E-state index is 11.5.